The highest BCUT2D eigenvalue weighted by molar-refractivity contribution is 6.30. The molecule has 3 nitrogen and oxygen atoms in total. The van der Waals surface area contributed by atoms with Crippen LogP contribution < -0.4 is 0 Å². The van der Waals surface area contributed by atoms with Gasteiger partial charge >= 0.3 is 0 Å². The van der Waals surface area contributed by atoms with Crippen LogP contribution in [0.1, 0.15) is 21.6 Å². The highest BCUT2D eigenvalue weighted by Crippen LogP contribution is 2.11. The summed E-state index contributed by atoms with van der Waals surface area (Å²) in [5.41, 5.74) is 2.49. The Balaban J connectivity index is 2.20. The largest absolute Gasteiger partial charge is 0.298 e. The van der Waals surface area contributed by atoms with Crippen molar-refractivity contribution >= 4 is 17.9 Å². The van der Waals surface area contributed by atoms with Crippen LogP contribution in [-0.4, -0.2) is 16.1 Å². The Kier molecular flexibility index (Phi) is 3.06. The molecule has 0 unspecified atom stereocenters. The zero-order chi connectivity index (χ0) is 11.5. The monoisotopic (exact) mass is 234 g/mol. The van der Waals surface area contributed by atoms with Gasteiger partial charge in [-0.1, -0.05) is 23.7 Å². The molecule has 0 saturated carbocycles. The fraction of sp³-hybridized carbons (Fsp3) is 0.167. The predicted molar refractivity (Wildman–Crippen MR) is 62.9 cm³/mol. The van der Waals surface area contributed by atoms with Gasteiger partial charge in [-0.05, 0) is 24.6 Å². The van der Waals surface area contributed by atoms with E-state index in [2.05, 4.69) is 5.10 Å². The maximum Gasteiger partial charge on any atom is 0.153 e. The quantitative estimate of drug-likeness (QED) is 0.766. The summed E-state index contributed by atoms with van der Waals surface area (Å²) in [6.45, 7) is 2.47. The maximum atomic E-state index is 10.7. The lowest BCUT2D eigenvalue weighted by atomic mass is 10.2. The van der Waals surface area contributed by atoms with E-state index in [0.717, 1.165) is 17.5 Å². The van der Waals surface area contributed by atoms with Crippen LogP contribution in [0, 0.1) is 6.92 Å². The second-order valence-corrected chi connectivity index (χ2v) is 4.05. The number of aryl methyl sites for hydroxylation is 1. The highest BCUT2D eigenvalue weighted by Gasteiger charge is 2.03. The topological polar surface area (TPSA) is 34.9 Å². The van der Waals surface area contributed by atoms with Gasteiger partial charge in [-0.3, -0.25) is 9.48 Å². The first-order valence-corrected chi connectivity index (χ1v) is 5.30. The molecular weight excluding hydrogens is 224 g/mol. The summed E-state index contributed by atoms with van der Waals surface area (Å²) in [6, 6.07) is 7.57. The Morgan fingerprint density at radius 2 is 2.06 bits per heavy atom. The van der Waals surface area contributed by atoms with Crippen molar-refractivity contribution in [3.05, 3.63) is 52.3 Å². The second kappa shape index (κ2) is 4.49. The van der Waals surface area contributed by atoms with E-state index in [0.29, 0.717) is 17.1 Å². The fourth-order valence-corrected chi connectivity index (χ4v) is 1.63. The number of rotatable bonds is 3. The Morgan fingerprint density at radius 1 is 1.38 bits per heavy atom. The summed E-state index contributed by atoms with van der Waals surface area (Å²) in [5.74, 6) is 0. The minimum Gasteiger partial charge on any atom is -0.298 e. The number of hydrogen-bond acceptors (Lipinski definition) is 2. The van der Waals surface area contributed by atoms with Gasteiger partial charge in [-0.2, -0.15) is 5.10 Å². The summed E-state index contributed by atoms with van der Waals surface area (Å²) in [7, 11) is 0. The van der Waals surface area contributed by atoms with Crippen LogP contribution in [-0.2, 0) is 6.54 Å². The van der Waals surface area contributed by atoms with Crippen LogP contribution in [0.5, 0.6) is 0 Å². The van der Waals surface area contributed by atoms with Gasteiger partial charge in [-0.25, -0.2) is 0 Å². The fourth-order valence-electron chi connectivity index (χ4n) is 1.51. The summed E-state index contributed by atoms with van der Waals surface area (Å²) in [5, 5.41) is 4.97. The van der Waals surface area contributed by atoms with Crippen LogP contribution in [0.2, 0.25) is 5.02 Å². The van der Waals surface area contributed by atoms with Gasteiger partial charge in [0.15, 0.2) is 6.29 Å². The molecule has 0 fully saturated rings. The van der Waals surface area contributed by atoms with E-state index in [-0.39, 0.29) is 0 Å². The smallest absolute Gasteiger partial charge is 0.153 e. The minimum absolute atomic E-state index is 0.633. The number of hydrogen-bond donors (Lipinski definition) is 0. The molecule has 0 aliphatic carbocycles. The molecular formula is C12H11ClN2O. The molecule has 16 heavy (non-hydrogen) atoms. The molecule has 1 aromatic heterocycles. The van der Waals surface area contributed by atoms with Crippen LogP contribution >= 0.6 is 11.6 Å². The van der Waals surface area contributed by atoms with Crippen LogP contribution in [0.4, 0.5) is 0 Å². The average Bonchev–Trinajstić information content (AvgIpc) is 2.62. The van der Waals surface area contributed by atoms with Crippen LogP contribution in [0.3, 0.4) is 0 Å². The lowest BCUT2D eigenvalue weighted by molar-refractivity contribution is 0.112. The lowest BCUT2D eigenvalue weighted by Gasteiger charge is -2.01. The molecule has 1 heterocycles. The van der Waals surface area contributed by atoms with Crippen molar-refractivity contribution in [1.29, 1.82) is 0 Å². The van der Waals surface area contributed by atoms with Crippen LogP contribution in [0.15, 0.2) is 30.5 Å². The van der Waals surface area contributed by atoms with E-state index < -0.39 is 0 Å². The standard InChI is InChI=1S/C12H11ClN2O/c1-9-11(8-16)7-15(14-9)6-10-2-4-12(13)5-3-10/h2-5,7-8H,6H2,1H3. The molecule has 0 radical (unpaired) electrons. The first kappa shape index (κ1) is 10.9. The van der Waals surface area contributed by atoms with E-state index in [1.165, 1.54) is 0 Å². The molecule has 0 atom stereocenters. The van der Waals surface area contributed by atoms with Gasteiger partial charge < -0.3 is 0 Å². The molecule has 0 amide bonds. The third-order valence-electron chi connectivity index (χ3n) is 2.37. The molecule has 0 aliphatic heterocycles. The summed E-state index contributed by atoms with van der Waals surface area (Å²) >= 11 is 5.80. The molecule has 0 aliphatic rings. The van der Waals surface area contributed by atoms with Crippen molar-refractivity contribution in [2.45, 2.75) is 13.5 Å². The summed E-state index contributed by atoms with van der Waals surface area (Å²) in [6.07, 6.45) is 2.57. The van der Waals surface area contributed by atoms with Crippen LogP contribution in [0.25, 0.3) is 0 Å². The number of benzene rings is 1. The van der Waals surface area contributed by atoms with Gasteiger partial charge in [0, 0.05) is 11.2 Å². The molecule has 82 valence electrons. The first-order valence-electron chi connectivity index (χ1n) is 4.92. The van der Waals surface area contributed by atoms with E-state index in [4.69, 9.17) is 11.6 Å². The molecule has 2 rings (SSSR count). The molecule has 1 aromatic carbocycles. The molecule has 2 aromatic rings. The molecule has 0 bridgehead atoms. The number of halogens is 1. The minimum atomic E-state index is 0.633. The molecule has 0 saturated heterocycles. The Hall–Kier alpha value is -1.61. The van der Waals surface area contributed by atoms with E-state index in [1.807, 2.05) is 31.2 Å². The number of nitrogens with zero attached hydrogens (tertiary/aromatic N) is 2. The Morgan fingerprint density at radius 3 is 2.62 bits per heavy atom. The van der Waals surface area contributed by atoms with E-state index in [1.54, 1.807) is 10.9 Å². The molecule has 0 spiro atoms. The first-order chi connectivity index (χ1) is 7.69. The zero-order valence-corrected chi connectivity index (χ0v) is 9.61. The third-order valence-corrected chi connectivity index (χ3v) is 2.62. The summed E-state index contributed by atoms with van der Waals surface area (Å²) in [4.78, 5) is 10.7. The predicted octanol–water partition coefficient (Wildman–Crippen LogP) is 2.71. The molecule has 0 N–H and O–H groups in total. The maximum absolute atomic E-state index is 10.7. The summed E-state index contributed by atoms with van der Waals surface area (Å²) < 4.78 is 1.75. The average molecular weight is 235 g/mol. The van der Waals surface area contributed by atoms with Crippen molar-refractivity contribution < 1.29 is 4.79 Å². The van der Waals surface area contributed by atoms with E-state index >= 15 is 0 Å². The van der Waals surface area contributed by atoms with Crippen molar-refractivity contribution in [3.63, 3.8) is 0 Å². The van der Waals surface area contributed by atoms with Gasteiger partial charge in [-0.15, -0.1) is 0 Å². The third kappa shape index (κ3) is 2.31. The number of carbonyl (C=O) groups excluding carboxylic acids is 1. The Labute approximate surface area is 98.7 Å². The second-order valence-electron chi connectivity index (χ2n) is 3.61. The zero-order valence-electron chi connectivity index (χ0n) is 8.85. The van der Waals surface area contributed by atoms with Gasteiger partial charge in [0.25, 0.3) is 0 Å². The SMILES string of the molecule is Cc1nn(Cc2ccc(Cl)cc2)cc1C=O. The van der Waals surface area contributed by atoms with Gasteiger partial charge in [0.2, 0.25) is 0 Å². The number of aromatic nitrogens is 2. The Bertz CT molecular complexity index is 502. The number of aldehydes is 1. The highest BCUT2D eigenvalue weighted by atomic mass is 35.5. The van der Waals surface area contributed by atoms with Crippen molar-refractivity contribution in [3.8, 4) is 0 Å². The van der Waals surface area contributed by atoms with Crippen molar-refractivity contribution in [2.24, 2.45) is 0 Å². The van der Waals surface area contributed by atoms with Gasteiger partial charge in [0.1, 0.15) is 0 Å². The van der Waals surface area contributed by atoms with Crippen molar-refractivity contribution in [1.82, 2.24) is 9.78 Å². The lowest BCUT2D eigenvalue weighted by Crippen LogP contribution is -1.99. The van der Waals surface area contributed by atoms with Gasteiger partial charge in [0.05, 0.1) is 17.8 Å². The number of carbonyl (C=O) groups is 1. The normalized spacial score (nSPS) is 10.4. The molecule has 4 heteroatoms. The van der Waals surface area contributed by atoms with Crippen molar-refractivity contribution in [2.75, 3.05) is 0 Å². The van der Waals surface area contributed by atoms with E-state index in [9.17, 15) is 4.79 Å².